The van der Waals surface area contributed by atoms with Crippen molar-refractivity contribution in [2.75, 3.05) is 10.7 Å². The molecule has 2 amide bonds. The number of imide groups is 1. The molecule has 0 saturated carbocycles. The lowest BCUT2D eigenvalue weighted by atomic mass is 10.1. The minimum atomic E-state index is -0.378. The number of anilines is 1. The summed E-state index contributed by atoms with van der Waals surface area (Å²) in [4.78, 5) is 27.6. The number of carbonyl (C=O) groups is 2. The maximum Gasteiger partial charge on any atom is 0.272 e. The molecule has 0 radical (unpaired) electrons. The zero-order valence-electron chi connectivity index (χ0n) is 14.3. The summed E-state index contributed by atoms with van der Waals surface area (Å²) in [7, 11) is 0. The number of hydrogen-bond acceptors (Lipinski definition) is 3. The summed E-state index contributed by atoms with van der Waals surface area (Å²) in [6.07, 6.45) is 0. The largest absolute Gasteiger partial charge is 0.272 e. The Bertz CT molecular complexity index is 887. The van der Waals surface area contributed by atoms with E-state index in [1.807, 2.05) is 32.9 Å². The highest BCUT2D eigenvalue weighted by atomic mass is 32.2. The van der Waals surface area contributed by atoms with Gasteiger partial charge in [0.05, 0.1) is 16.2 Å². The van der Waals surface area contributed by atoms with Gasteiger partial charge in [-0.25, -0.2) is 9.29 Å². The summed E-state index contributed by atoms with van der Waals surface area (Å²) in [6.45, 7) is 5.85. The van der Waals surface area contributed by atoms with Crippen molar-refractivity contribution >= 4 is 34.8 Å². The first-order chi connectivity index (χ1) is 11.9. The van der Waals surface area contributed by atoms with Gasteiger partial charge in [0, 0.05) is 0 Å². The van der Waals surface area contributed by atoms with E-state index >= 15 is 0 Å². The lowest BCUT2D eigenvalue weighted by molar-refractivity contribution is -0.119. The fraction of sp³-hybridized carbons (Fsp3) is 0.200. The second kappa shape index (κ2) is 6.84. The highest BCUT2D eigenvalue weighted by Gasteiger charge is 2.40. The Kier molecular flexibility index (Phi) is 4.77. The first-order valence-electron chi connectivity index (χ1n) is 8.03. The second-order valence-corrected chi connectivity index (χ2v) is 7.13. The van der Waals surface area contributed by atoms with Crippen molar-refractivity contribution in [3.8, 4) is 0 Å². The lowest BCUT2D eigenvalue weighted by Gasteiger charge is -2.16. The monoisotopic (exact) mass is 355 g/mol. The molecule has 1 aliphatic rings. The molecule has 0 saturated heterocycles. The smallest absolute Gasteiger partial charge is 0.268 e. The first-order valence-corrected chi connectivity index (χ1v) is 9.01. The standard InChI is InChI=1S/C20H18FNO2S/c1-4-25-18-17(14-6-8-15(21)9-7-14)19(23)22(20(18)24)16-10-5-12(2)13(3)11-16/h5-11H,4H2,1-3H3. The Morgan fingerprint density at radius 1 is 0.960 bits per heavy atom. The molecular formula is C20H18FNO2S. The Balaban J connectivity index is 2.09. The number of carbonyl (C=O) groups excluding carboxylic acids is 2. The van der Waals surface area contributed by atoms with E-state index in [9.17, 15) is 14.0 Å². The molecule has 0 aliphatic carbocycles. The zero-order chi connectivity index (χ0) is 18.1. The molecule has 0 atom stereocenters. The average molecular weight is 355 g/mol. The van der Waals surface area contributed by atoms with Gasteiger partial charge in [-0.1, -0.05) is 25.1 Å². The summed E-state index contributed by atoms with van der Waals surface area (Å²) in [5, 5.41) is 0. The van der Waals surface area contributed by atoms with Crippen molar-refractivity contribution in [3.63, 3.8) is 0 Å². The third-order valence-corrected chi connectivity index (χ3v) is 5.17. The number of aryl methyl sites for hydroxylation is 2. The van der Waals surface area contributed by atoms with Crippen LogP contribution in [-0.4, -0.2) is 17.6 Å². The van der Waals surface area contributed by atoms with Crippen molar-refractivity contribution in [2.45, 2.75) is 20.8 Å². The Labute approximate surface area is 150 Å². The summed E-state index contributed by atoms with van der Waals surface area (Å²) < 4.78 is 13.2. The topological polar surface area (TPSA) is 37.4 Å². The van der Waals surface area contributed by atoms with Crippen LogP contribution in [0.2, 0.25) is 0 Å². The average Bonchev–Trinajstić information content (AvgIpc) is 2.82. The summed E-state index contributed by atoms with van der Waals surface area (Å²) >= 11 is 1.34. The molecule has 25 heavy (non-hydrogen) atoms. The molecule has 3 rings (SSSR count). The molecule has 128 valence electrons. The molecule has 0 bridgehead atoms. The summed E-state index contributed by atoms with van der Waals surface area (Å²) in [5.74, 6) is -0.396. The van der Waals surface area contributed by atoms with Crippen LogP contribution in [-0.2, 0) is 9.59 Å². The zero-order valence-corrected chi connectivity index (χ0v) is 15.1. The lowest BCUT2D eigenvalue weighted by Crippen LogP contribution is -2.31. The predicted octanol–water partition coefficient (Wildman–Crippen LogP) is 4.48. The fourth-order valence-corrected chi connectivity index (χ4v) is 3.61. The molecule has 3 nitrogen and oxygen atoms in total. The molecule has 1 heterocycles. The van der Waals surface area contributed by atoms with Gasteiger partial charge in [0.1, 0.15) is 5.82 Å². The maximum atomic E-state index is 13.2. The van der Waals surface area contributed by atoms with Crippen LogP contribution in [0.15, 0.2) is 47.4 Å². The Morgan fingerprint density at radius 2 is 1.64 bits per heavy atom. The predicted molar refractivity (Wildman–Crippen MR) is 99.9 cm³/mol. The van der Waals surface area contributed by atoms with E-state index in [0.29, 0.717) is 27.5 Å². The van der Waals surface area contributed by atoms with E-state index in [1.165, 1.54) is 40.9 Å². The van der Waals surface area contributed by atoms with Crippen molar-refractivity contribution in [3.05, 3.63) is 69.9 Å². The minimum Gasteiger partial charge on any atom is -0.268 e. The number of hydrogen-bond donors (Lipinski definition) is 0. The molecule has 0 fully saturated rings. The minimum absolute atomic E-state index is 0.320. The number of amides is 2. The fourth-order valence-electron chi connectivity index (χ4n) is 2.76. The number of halogens is 1. The van der Waals surface area contributed by atoms with Crippen LogP contribution < -0.4 is 4.90 Å². The van der Waals surface area contributed by atoms with E-state index in [0.717, 1.165) is 11.1 Å². The van der Waals surface area contributed by atoms with Crippen LogP contribution in [0.1, 0.15) is 23.6 Å². The van der Waals surface area contributed by atoms with Gasteiger partial charge in [-0.05, 0) is 60.6 Å². The second-order valence-electron chi connectivity index (χ2n) is 5.86. The molecule has 0 spiro atoms. The van der Waals surface area contributed by atoms with Crippen molar-refractivity contribution < 1.29 is 14.0 Å². The van der Waals surface area contributed by atoms with E-state index in [2.05, 4.69) is 0 Å². The highest BCUT2D eigenvalue weighted by Crippen LogP contribution is 2.38. The quantitative estimate of drug-likeness (QED) is 0.759. The van der Waals surface area contributed by atoms with Gasteiger partial charge in [-0.3, -0.25) is 9.59 Å². The van der Waals surface area contributed by atoms with Gasteiger partial charge >= 0.3 is 0 Å². The van der Waals surface area contributed by atoms with E-state index < -0.39 is 0 Å². The molecule has 2 aromatic rings. The van der Waals surface area contributed by atoms with Crippen LogP contribution in [0.25, 0.3) is 5.57 Å². The molecule has 0 unspecified atom stereocenters. The van der Waals surface area contributed by atoms with E-state index in [-0.39, 0.29) is 17.6 Å². The van der Waals surface area contributed by atoms with Crippen molar-refractivity contribution in [2.24, 2.45) is 0 Å². The number of thioether (sulfide) groups is 1. The maximum absolute atomic E-state index is 13.2. The highest BCUT2D eigenvalue weighted by molar-refractivity contribution is 8.04. The van der Waals surface area contributed by atoms with Crippen molar-refractivity contribution in [1.82, 2.24) is 0 Å². The molecule has 2 aromatic carbocycles. The summed E-state index contributed by atoms with van der Waals surface area (Å²) in [5.41, 5.74) is 3.57. The van der Waals surface area contributed by atoms with Gasteiger partial charge < -0.3 is 0 Å². The van der Waals surface area contributed by atoms with Crippen LogP contribution in [0.4, 0.5) is 10.1 Å². The van der Waals surface area contributed by atoms with Crippen molar-refractivity contribution in [1.29, 1.82) is 0 Å². The van der Waals surface area contributed by atoms with Crippen LogP contribution >= 0.6 is 11.8 Å². The molecule has 5 heteroatoms. The van der Waals surface area contributed by atoms with Gasteiger partial charge in [0.2, 0.25) is 0 Å². The Morgan fingerprint density at radius 3 is 2.24 bits per heavy atom. The van der Waals surface area contributed by atoms with E-state index in [1.54, 1.807) is 6.07 Å². The number of rotatable bonds is 4. The third-order valence-electron chi connectivity index (χ3n) is 4.21. The normalized spacial score (nSPS) is 14.6. The van der Waals surface area contributed by atoms with E-state index in [4.69, 9.17) is 0 Å². The van der Waals surface area contributed by atoms with Crippen LogP contribution in [0.5, 0.6) is 0 Å². The molecular weight excluding hydrogens is 337 g/mol. The van der Waals surface area contributed by atoms with Gasteiger partial charge in [-0.15, -0.1) is 11.8 Å². The van der Waals surface area contributed by atoms with Crippen LogP contribution in [0, 0.1) is 19.7 Å². The van der Waals surface area contributed by atoms with Gasteiger partial charge in [0.15, 0.2) is 0 Å². The number of nitrogens with zero attached hydrogens (tertiary/aromatic N) is 1. The Hall–Kier alpha value is -2.40. The summed E-state index contributed by atoms with van der Waals surface area (Å²) in [6, 6.07) is 11.2. The van der Waals surface area contributed by atoms with Crippen LogP contribution in [0.3, 0.4) is 0 Å². The first kappa shape index (κ1) is 17.4. The molecule has 0 aromatic heterocycles. The number of benzene rings is 2. The SMILES string of the molecule is CCSC1=C(c2ccc(F)cc2)C(=O)N(c2ccc(C)c(C)c2)C1=O. The third kappa shape index (κ3) is 3.12. The van der Waals surface area contributed by atoms with Gasteiger partial charge in [-0.2, -0.15) is 0 Å². The molecule has 1 aliphatic heterocycles. The van der Waals surface area contributed by atoms with Gasteiger partial charge in [0.25, 0.3) is 11.8 Å². The molecule has 0 N–H and O–H groups in total.